The molecule has 0 aliphatic heterocycles. The SMILES string of the molecule is CCOC(=O)/C(N=[N+]([O-])c1ccccc1)=N\OC(C)=O. The van der Waals surface area contributed by atoms with E-state index in [4.69, 9.17) is 0 Å². The average Bonchev–Trinajstić information content (AvgIpc) is 2.44. The van der Waals surface area contributed by atoms with Gasteiger partial charge in [-0.15, -0.1) is 0 Å². The molecule has 0 bridgehead atoms. The predicted molar refractivity (Wildman–Crippen MR) is 68.0 cm³/mol. The maximum Gasteiger partial charge on any atom is 0.386 e. The summed E-state index contributed by atoms with van der Waals surface area (Å²) in [6.07, 6.45) is 0. The van der Waals surface area contributed by atoms with E-state index >= 15 is 0 Å². The molecule has 0 atom stereocenters. The molecule has 0 saturated heterocycles. The van der Waals surface area contributed by atoms with Crippen LogP contribution in [0.1, 0.15) is 13.8 Å². The van der Waals surface area contributed by atoms with E-state index in [1.165, 1.54) is 12.1 Å². The first-order valence-corrected chi connectivity index (χ1v) is 5.71. The molecule has 0 heterocycles. The number of carbonyl (C=O) groups excluding carboxylic acids is 2. The van der Waals surface area contributed by atoms with Crippen molar-refractivity contribution in [1.29, 1.82) is 0 Å². The number of azo groups is 1. The molecule has 106 valence electrons. The molecular weight excluding hydrogens is 266 g/mol. The second-order valence-corrected chi connectivity index (χ2v) is 3.43. The van der Waals surface area contributed by atoms with Crippen molar-refractivity contribution in [1.82, 2.24) is 0 Å². The Morgan fingerprint density at radius 2 is 1.95 bits per heavy atom. The van der Waals surface area contributed by atoms with Gasteiger partial charge in [0.1, 0.15) is 0 Å². The Morgan fingerprint density at radius 3 is 2.50 bits per heavy atom. The van der Waals surface area contributed by atoms with Crippen molar-refractivity contribution >= 4 is 23.5 Å². The van der Waals surface area contributed by atoms with E-state index in [0.717, 1.165) is 6.92 Å². The van der Waals surface area contributed by atoms with Crippen LogP contribution in [0.4, 0.5) is 5.69 Å². The molecule has 0 N–H and O–H groups in total. The predicted octanol–water partition coefficient (Wildman–Crippen LogP) is 1.72. The zero-order valence-corrected chi connectivity index (χ0v) is 11.0. The van der Waals surface area contributed by atoms with Gasteiger partial charge in [0, 0.05) is 24.2 Å². The lowest BCUT2D eigenvalue weighted by molar-refractivity contribution is -0.433. The van der Waals surface area contributed by atoms with E-state index in [1.807, 2.05) is 0 Å². The van der Waals surface area contributed by atoms with Gasteiger partial charge in [-0.3, -0.25) is 0 Å². The monoisotopic (exact) mass is 279 g/mol. The lowest BCUT2D eigenvalue weighted by Crippen LogP contribution is -2.18. The van der Waals surface area contributed by atoms with Crippen LogP contribution in [-0.2, 0) is 19.2 Å². The topological polar surface area (TPSA) is 103 Å². The molecule has 0 aromatic heterocycles. The summed E-state index contributed by atoms with van der Waals surface area (Å²) in [6, 6.07) is 7.96. The summed E-state index contributed by atoms with van der Waals surface area (Å²) in [6.45, 7) is 2.74. The van der Waals surface area contributed by atoms with Crippen LogP contribution in [0.2, 0.25) is 0 Å². The smallest absolute Gasteiger partial charge is 0.386 e. The summed E-state index contributed by atoms with van der Waals surface area (Å²) in [5.41, 5.74) is 0.187. The van der Waals surface area contributed by atoms with Crippen molar-refractivity contribution in [3.05, 3.63) is 35.5 Å². The van der Waals surface area contributed by atoms with Gasteiger partial charge in [-0.1, -0.05) is 18.2 Å². The number of ether oxygens (including phenoxy) is 1. The van der Waals surface area contributed by atoms with Crippen molar-refractivity contribution < 1.29 is 24.0 Å². The van der Waals surface area contributed by atoms with Gasteiger partial charge in [-0.25, -0.2) is 9.59 Å². The van der Waals surface area contributed by atoms with Gasteiger partial charge in [0.2, 0.25) is 5.69 Å². The van der Waals surface area contributed by atoms with Crippen molar-refractivity contribution in [3.8, 4) is 0 Å². The summed E-state index contributed by atoms with van der Waals surface area (Å²) < 4.78 is 4.65. The molecule has 0 radical (unpaired) electrons. The zero-order chi connectivity index (χ0) is 15.0. The largest absolute Gasteiger partial charge is 0.594 e. The number of amidine groups is 1. The number of nitrogens with zero attached hydrogens (tertiary/aromatic N) is 3. The van der Waals surface area contributed by atoms with Crippen molar-refractivity contribution in [3.63, 3.8) is 0 Å². The maximum atomic E-state index is 11.7. The highest BCUT2D eigenvalue weighted by Crippen LogP contribution is 2.10. The fraction of sp³-hybridized carbons (Fsp3) is 0.250. The number of hydrogen-bond donors (Lipinski definition) is 0. The van der Waals surface area contributed by atoms with Crippen LogP contribution in [0.5, 0.6) is 0 Å². The van der Waals surface area contributed by atoms with Gasteiger partial charge >= 0.3 is 17.8 Å². The zero-order valence-electron chi connectivity index (χ0n) is 11.0. The van der Waals surface area contributed by atoms with E-state index in [9.17, 15) is 14.8 Å². The summed E-state index contributed by atoms with van der Waals surface area (Å²) in [7, 11) is 0. The number of esters is 1. The molecule has 0 unspecified atom stereocenters. The van der Waals surface area contributed by atoms with Gasteiger partial charge in [0.05, 0.1) is 6.61 Å². The van der Waals surface area contributed by atoms with Crippen molar-refractivity contribution in [2.45, 2.75) is 13.8 Å². The second-order valence-electron chi connectivity index (χ2n) is 3.43. The molecule has 0 aliphatic carbocycles. The molecule has 1 rings (SSSR count). The molecule has 0 fully saturated rings. The summed E-state index contributed by atoms with van der Waals surface area (Å²) >= 11 is 0. The molecule has 20 heavy (non-hydrogen) atoms. The second kappa shape index (κ2) is 7.62. The van der Waals surface area contributed by atoms with Crippen LogP contribution in [0.25, 0.3) is 0 Å². The minimum absolute atomic E-state index is 0.0671. The Morgan fingerprint density at radius 1 is 1.30 bits per heavy atom. The Hall–Kier alpha value is -2.77. The Kier molecular flexibility index (Phi) is 5.82. The van der Waals surface area contributed by atoms with E-state index < -0.39 is 17.8 Å². The first-order chi connectivity index (χ1) is 9.54. The molecule has 0 spiro atoms. The normalized spacial score (nSPS) is 11.9. The average molecular weight is 279 g/mol. The Balaban J connectivity index is 3.02. The van der Waals surface area contributed by atoms with Gasteiger partial charge < -0.3 is 14.8 Å². The third-order valence-corrected chi connectivity index (χ3v) is 1.88. The van der Waals surface area contributed by atoms with Crippen LogP contribution in [0, 0.1) is 5.21 Å². The van der Waals surface area contributed by atoms with Gasteiger partial charge in [0.25, 0.3) is 0 Å². The maximum absolute atomic E-state index is 11.7. The third-order valence-electron chi connectivity index (χ3n) is 1.88. The van der Waals surface area contributed by atoms with Crippen LogP contribution in [-0.4, -0.2) is 29.2 Å². The number of oxime groups is 1. The highest BCUT2D eigenvalue weighted by molar-refractivity contribution is 6.35. The summed E-state index contributed by atoms with van der Waals surface area (Å²) in [4.78, 5) is 26.7. The molecule has 8 heteroatoms. The molecule has 1 aromatic carbocycles. The lowest BCUT2D eigenvalue weighted by atomic mass is 10.3. The molecule has 0 aliphatic rings. The van der Waals surface area contributed by atoms with Crippen LogP contribution in [0.15, 0.2) is 40.6 Å². The lowest BCUT2D eigenvalue weighted by Gasteiger charge is -2.01. The fourth-order valence-electron chi connectivity index (χ4n) is 1.10. The van der Waals surface area contributed by atoms with Crippen molar-refractivity contribution in [2.75, 3.05) is 6.61 Å². The fourth-order valence-corrected chi connectivity index (χ4v) is 1.10. The van der Waals surface area contributed by atoms with Gasteiger partial charge in [-0.05, 0) is 16.9 Å². The van der Waals surface area contributed by atoms with Crippen LogP contribution < -0.4 is 0 Å². The first kappa shape index (κ1) is 15.3. The highest BCUT2D eigenvalue weighted by Gasteiger charge is 2.19. The standard InChI is InChI=1S/C12H13N3O5/c1-3-19-12(17)11(14-20-9(2)16)13-15(18)10-7-5-4-6-8-10/h4-8H,3H2,1-2H3/b14-11+,15-13?. The molecule has 8 nitrogen and oxygen atoms in total. The van der Waals surface area contributed by atoms with E-state index in [0.29, 0.717) is 0 Å². The number of rotatable bonds is 3. The minimum atomic E-state index is -0.967. The van der Waals surface area contributed by atoms with E-state index in [-0.39, 0.29) is 17.2 Å². The number of carbonyl (C=O) groups is 2. The number of para-hydroxylation sites is 1. The number of benzene rings is 1. The molecular formula is C12H13N3O5. The summed E-state index contributed by atoms with van der Waals surface area (Å²) in [5, 5.41) is 18.3. The summed E-state index contributed by atoms with van der Waals surface area (Å²) in [5.74, 6) is -2.37. The number of hydrogen-bond acceptors (Lipinski definition) is 6. The third kappa shape index (κ3) is 4.84. The Bertz CT molecular complexity index is 539. The quantitative estimate of drug-likeness (QED) is 0.159. The van der Waals surface area contributed by atoms with Gasteiger partial charge in [-0.2, -0.15) is 0 Å². The van der Waals surface area contributed by atoms with E-state index in [1.54, 1.807) is 25.1 Å². The highest BCUT2D eigenvalue weighted by atomic mass is 16.7. The molecule has 1 aromatic rings. The van der Waals surface area contributed by atoms with Crippen molar-refractivity contribution in [2.24, 2.45) is 10.3 Å². The first-order valence-electron chi connectivity index (χ1n) is 5.71. The minimum Gasteiger partial charge on any atom is -0.594 e. The van der Waals surface area contributed by atoms with E-state index in [2.05, 4.69) is 19.8 Å². The van der Waals surface area contributed by atoms with Crippen LogP contribution in [0.3, 0.4) is 0 Å². The van der Waals surface area contributed by atoms with Gasteiger partial charge in [0.15, 0.2) is 0 Å². The Labute approximate surface area is 114 Å². The molecule has 0 amide bonds. The van der Waals surface area contributed by atoms with Crippen LogP contribution >= 0.6 is 0 Å². The molecule has 0 saturated carbocycles.